The Morgan fingerprint density at radius 1 is 1.27 bits per heavy atom. The van der Waals surface area contributed by atoms with Gasteiger partial charge in [-0.25, -0.2) is 14.6 Å². The van der Waals surface area contributed by atoms with Crippen LogP contribution in [0, 0.1) is 0 Å². The molecule has 0 amide bonds. The molecule has 3 aromatic rings. The number of nitrogens with zero attached hydrogens (tertiary/aromatic N) is 5. The van der Waals surface area contributed by atoms with Crippen LogP contribution in [0.3, 0.4) is 0 Å². The van der Waals surface area contributed by atoms with Crippen molar-refractivity contribution in [2.75, 3.05) is 7.11 Å². The first-order valence-corrected chi connectivity index (χ1v) is 7.54. The molecule has 0 aliphatic rings. The van der Waals surface area contributed by atoms with Crippen molar-refractivity contribution in [1.29, 1.82) is 0 Å². The molecular formula is C16H15F2N5O3. The van der Waals surface area contributed by atoms with E-state index in [0.717, 1.165) is 0 Å². The standard InChI is InChI=1S/C16H15F2N5O3/c1-25-15-14(10-3-2-4-13(5-10)26-16(17)18)20-11(6-19-15)7-23-8-12(9-24)21-22-23/h2-6,8,16,24H,7,9H2,1H3. The average molecular weight is 363 g/mol. The number of alkyl halides is 2. The highest BCUT2D eigenvalue weighted by molar-refractivity contribution is 5.66. The Labute approximate surface area is 147 Å². The molecule has 8 nitrogen and oxygen atoms in total. The molecule has 0 atom stereocenters. The minimum absolute atomic E-state index is 0.00983. The first kappa shape index (κ1) is 17.7. The van der Waals surface area contributed by atoms with E-state index >= 15 is 0 Å². The van der Waals surface area contributed by atoms with Gasteiger partial charge in [-0.15, -0.1) is 5.10 Å². The zero-order valence-electron chi connectivity index (χ0n) is 13.7. The van der Waals surface area contributed by atoms with Crippen LogP contribution < -0.4 is 9.47 Å². The molecule has 136 valence electrons. The lowest BCUT2D eigenvalue weighted by molar-refractivity contribution is -0.0498. The Morgan fingerprint density at radius 2 is 2.12 bits per heavy atom. The van der Waals surface area contributed by atoms with Crippen LogP contribution in [0.1, 0.15) is 11.4 Å². The van der Waals surface area contributed by atoms with Gasteiger partial charge in [0.2, 0.25) is 5.88 Å². The fourth-order valence-electron chi connectivity index (χ4n) is 2.30. The second-order valence-electron chi connectivity index (χ2n) is 5.19. The summed E-state index contributed by atoms with van der Waals surface area (Å²) in [5.41, 5.74) is 1.88. The minimum Gasteiger partial charge on any atom is -0.479 e. The van der Waals surface area contributed by atoms with Crippen LogP contribution in [0.25, 0.3) is 11.3 Å². The predicted molar refractivity (Wildman–Crippen MR) is 85.7 cm³/mol. The average Bonchev–Trinajstić information content (AvgIpc) is 3.09. The van der Waals surface area contributed by atoms with E-state index in [4.69, 9.17) is 9.84 Å². The van der Waals surface area contributed by atoms with Crippen LogP contribution in [0.5, 0.6) is 11.6 Å². The largest absolute Gasteiger partial charge is 0.479 e. The van der Waals surface area contributed by atoms with Gasteiger partial charge in [-0.1, -0.05) is 17.3 Å². The molecule has 0 unspecified atom stereocenters. The Morgan fingerprint density at radius 3 is 2.81 bits per heavy atom. The van der Waals surface area contributed by atoms with Gasteiger partial charge in [0.25, 0.3) is 0 Å². The van der Waals surface area contributed by atoms with Crippen LogP contribution in [0.15, 0.2) is 36.7 Å². The maximum Gasteiger partial charge on any atom is 0.387 e. The van der Waals surface area contributed by atoms with Crippen LogP contribution in [-0.2, 0) is 13.2 Å². The fourth-order valence-corrected chi connectivity index (χ4v) is 2.30. The molecule has 0 bridgehead atoms. The Hall–Kier alpha value is -3.14. The molecule has 26 heavy (non-hydrogen) atoms. The number of halogens is 2. The van der Waals surface area contributed by atoms with Crippen molar-refractivity contribution in [3.05, 3.63) is 48.0 Å². The van der Waals surface area contributed by atoms with E-state index in [9.17, 15) is 8.78 Å². The van der Waals surface area contributed by atoms with Crippen LogP contribution in [-0.4, -0.2) is 43.8 Å². The summed E-state index contributed by atoms with van der Waals surface area (Å²) < 4.78 is 36.0. The Bertz CT molecular complexity index is 888. The Balaban J connectivity index is 1.92. The summed E-state index contributed by atoms with van der Waals surface area (Å²) >= 11 is 0. The second-order valence-corrected chi connectivity index (χ2v) is 5.19. The first-order chi connectivity index (χ1) is 12.6. The number of aromatic nitrogens is 5. The zero-order valence-corrected chi connectivity index (χ0v) is 13.7. The van der Waals surface area contributed by atoms with Crippen LogP contribution >= 0.6 is 0 Å². The van der Waals surface area contributed by atoms with E-state index in [-0.39, 0.29) is 24.8 Å². The molecule has 0 aliphatic carbocycles. The molecule has 0 saturated carbocycles. The van der Waals surface area contributed by atoms with Crippen molar-refractivity contribution in [2.24, 2.45) is 0 Å². The van der Waals surface area contributed by atoms with Crippen molar-refractivity contribution >= 4 is 0 Å². The summed E-state index contributed by atoms with van der Waals surface area (Å²) in [6, 6.07) is 6.12. The van der Waals surface area contributed by atoms with E-state index in [0.29, 0.717) is 22.6 Å². The number of hydrogen-bond donors (Lipinski definition) is 1. The van der Waals surface area contributed by atoms with E-state index in [1.54, 1.807) is 18.3 Å². The van der Waals surface area contributed by atoms with Gasteiger partial charge in [0.05, 0.1) is 38.3 Å². The smallest absolute Gasteiger partial charge is 0.387 e. The third-order valence-electron chi connectivity index (χ3n) is 3.39. The van der Waals surface area contributed by atoms with Crippen molar-refractivity contribution in [1.82, 2.24) is 25.0 Å². The lowest BCUT2D eigenvalue weighted by atomic mass is 10.1. The van der Waals surface area contributed by atoms with E-state index in [1.165, 1.54) is 30.1 Å². The van der Waals surface area contributed by atoms with Gasteiger partial charge in [0, 0.05) is 5.56 Å². The third-order valence-corrected chi connectivity index (χ3v) is 3.39. The van der Waals surface area contributed by atoms with Gasteiger partial charge in [0.15, 0.2) is 0 Å². The number of benzene rings is 1. The second kappa shape index (κ2) is 7.83. The highest BCUT2D eigenvalue weighted by Gasteiger charge is 2.13. The summed E-state index contributed by atoms with van der Waals surface area (Å²) in [5.74, 6) is 0.258. The molecule has 0 saturated heterocycles. The van der Waals surface area contributed by atoms with Crippen molar-refractivity contribution < 1.29 is 23.4 Å². The first-order valence-electron chi connectivity index (χ1n) is 7.54. The molecule has 0 spiro atoms. The van der Waals surface area contributed by atoms with Gasteiger partial charge >= 0.3 is 6.61 Å². The summed E-state index contributed by atoms with van der Waals surface area (Å²) in [5, 5.41) is 16.7. The number of methoxy groups -OCH3 is 1. The van der Waals surface area contributed by atoms with E-state index < -0.39 is 6.61 Å². The highest BCUT2D eigenvalue weighted by atomic mass is 19.3. The summed E-state index contributed by atoms with van der Waals surface area (Å²) in [4.78, 5) is 8.69. The topological polar surface area (TPSA) is 95.2 Å². The van der Waals surface area contributed by atoms with Gasteiger partial charge in [-0.2, -0.15) is 8.78 Å². The SMILES string of the molecule is COc1ncc(Cn2cc(CO)nn2)nc1-c1cccc(OC(F)F)c1. The van der Waals surface area contributed by atoms with Gasteiger partial charge in [-0.3, -0.25) is 0 Å². The highest BCUT2D eigenvalue weighted by Crippen LogP contribution is 2.29. The molecule has 0 fully saturated rings. The molecule has 3 rings (SSSR count). The number of rotatable bonds is 7. The summed E-state index contributed by atoms with van der Waals surface area (Å²) in [6.07, 6.45) is 3.10. The number of aliphatic hydroxyl groups excluding tert-OH is 1. The maximum atomic E-state index is 12.4. The number of aliphatic hydroxyl groups is 1. The number of ether oxygens (including phenoxy) is 2. The predicted octanol–water partition coefficient (Wildman–Crippen LogP) is 1.89. The lowest BCUT2D eigenvalue weighted by Gasteiger charge is -2.10. The van der Waals surface area contributed by atoms with Gasteiger partial charge < -0.3 is 14.6 Å². The summed E-state index contributed by atoms with van der Waals surface area (Å²) in [7, 11) is 1.44. The summed E-state index contributed by atoms with van der Waals surface area (Å²) in [6.45, 7) is -2.86. The van der Waals surface area contributed by atoms with Gasteiger partial charge in [0.1, 0.15) is 17.1 Å². The van der Waals surface area contributed by atoms with Crippen LogP contribution in [0.2, 0.25) is 0 Å². The molecule has 1 N–H and O–H groups in total. The normalized spacial score (nSPS) is 11.0. The molecule has 10 heteroatoms. The van der Waals surface area contributed by atoms with Crippen LogP contribution in [0.4, 0.5) is 8.78 Å². The monoisotopic (exact) mass is 363 g/mol. The molecular weight excluding hydrogens is 348 g/mol. The van der Waals surface area contributed by atoms with Crippen molar-refractivity contribution in [2.45, 2.75) is 19.8 Å². The van der Waals surface area contributed by atoms with Gasteiger partial charge in [-0.05, 0) is 12.1 Å². The molecule has 2 heterocycles. The third kappa shape index (κ3) is 4.09. The Kier molecular flexibility index (Phi) is 5.32. The number of hydrogen-bond acceptors (Lipinski definition) is 7. The molecule has 1 aromatic carbocycles. The van der Waals surface area contributed by atoms with Crippen molar-refractivity contribution in [3.63, 3.8) is 0 Å². The van der Waals surface area contributed by atoms with E-state index in [2.05, 4.69) is 25.0 Å². The lowest BCUT2D eigenvalue weighted by Crippen LogP contribution is -2.06. The quantitative estimate of drug-likeness (QED) is 0.685. The molecule has 2 aromatic heterocycles. The zero-order chi connectivity index (χ0) is 18.5. The maximum absolute atomic E-state index is 12.4. The minimum atomic E-state index is -2.92. The van der Waals surface area contributed by atoms with E-state index in [1.807, 2.05) is 0 Å². The molecule has 0 radical (unpaired) electrons. The van der Waals surface area contributed by atoms with Crippen molar-refractivity contribution in [3.8, 4) is 22.9 Å². The molecule has 0 aliphatic heterocycles. The fraction of sp³-hybridized carbons (Fsp3) is 0.250.